The lowest BCUT2D eigenvalue weighted by Crippen LogP contribution is -2.25. The molecule has 1 N–H and O–H groups in total. The minimum absolute atomic E-state index is 0.321. The van der Waals surface area contributed by atoms with Gasteiger partial charge in [0.25, 0.3) is 5.91 Å². The summed E-state index contributed by atoms with van der Waals surface area (Å²) in [7, 11) is 0. The first-order valence-electron chi connectivity index (χ1n) is 11.8. The summed E-state index contributed by atoms with van der Waals surface area (Å²) in [4.78, 5) is 15.5. The van der Waals surface area contributed by atoms with Gasteiger partial charge in [-0.3, -0.25) is 4.79 Å². The minimum atomic E-state index is -0.321. The molecule has 1 saturated heterocycles. The van der Waals surface area contributed by atoms with Crippen molar-refractivity contribution in [2.45, 2.75) is 32.6 Å². The van der Waals surface area contributed by atoms with Gasteiger partial charge in [-0.1, -0.05) is 59.9 Å². The summed E-state index contributed by atoms with van der Waals surface area (Å²) in [5.74, 6) is 1.01. The van der Waals surface area contributed by atoms with Crippen LogP contribution in [0.4, 0.5) is 11.5 Å². The number of benzene rings is 2. The highest BCUT2D eigenvalue weighted by molar-refractivity contribution is 6.33. The Morgan fingerprint density at radius 2 is 1.77 bits per heavy atom. The van der Waals surface area contributed by atoms with Crippen LogP contribution in [0.5, 0.6) is 0 Å². The molecule has 4 aromatic rings. The van der Waals surface area contributed by atoms with Crippen molar-refractivity contribution >= 4 is 29.0 Å². The number of nitrogens with zero attached hydrogens (tertiary/aromatic N) is 4. The quantitative estimate of drug-likeness (QED) is 0.351. The average Bonchev–Trinajstić information content (AvgIpc) is 3.07. The number of aryl methyl sites for hydroxylation is 1. The number of rotatable bonds is 5. The summed E-state index contributed by atoms with van der Waals surface area (Å²) in [5, 5.41) is 16.5. The molecule has 1 aliphatic heterocycles. The fraction of sp³-hybridized carbons (Fsp3) is 0.259. The number of hydrogen-bond donors (Lipinski definition) is 1. The predicted octanol–water partition coefficient (Wildman–Crippen LogP) is 6.39. The van der Waals surface area contributed by atoms with Crippen LogP contribution in [0, 0.1) is 6.92 Å². The topological polar surface area (TPSA) is 84.2 Å². The highest BCUT2D eigenvalue weighted by Crippen LogP contribution is 2.32. The number of hydrogen-bond acceptors (Lipinski definition) is 6. The highest BCUT2D eigenvalue weighted by atomic mass is 35.5. The Morgan fingerprint density at radius 1 is 0.971 bits per heavy atom. The molecule has 5 rings (SSSR count). The third-order valence-electron chi connectivity index (χ3n) is 6.22. The van der Waals surface area contributed by atoms with Gasteiger partial charge in [-0.25, -0.2) is 0 Å². The van der Waals surface area contributed by atoms with Gasteiger partial charge in [0.05, 0.1) is 10.7 Å². The number of amides is 1. The Hall–Kier alpha value is -3.71. The Bertz CT molecular complexity index is 1330. The van der Waals surface area contributed by atoms with E-state index in [1.807, 2.05) is 54.6 Å². The monoisotopic (exact) mass is 487 g/mol. The molecule has 8 heteroatoms. The molecule has 0 radical (unpaired) electrons. The van der Waals surface area contributed by atoms with Crippen molar-refractivity contribution < 1.29 is 9.32 Å². The normalized spacial score (nSPS) is 13.9. The number of aromatic nitrogens is 3. The van der Waals surface area contributed by atoms with Crippen molar-refractivity contribution in [2.75, 3.05) is 23.3 Å². The van der Waals surface area contributed by atoms with Gasteiger partial charge in [0.1, 0.15) is 17.0 Å². The van der Waals surface area contributed by atoms with E-state index in [-0.39, 0.29) is 5.91 Å². The number of anilines is 2. The van der Waals surface area contributed by atoms with E-state index < -0.39 is 0 Å². The van der Waals surface area contributed by atoms with E-state index in [2.05, 4.69) is 25.6 Å². The molecule has 35 heavy (non-hydrogen) atoms. The zero-order chi connectivity index (χ0) is 24.2. The molecule has 0 unspecified atom stereocenters. The lowest BCUT2D eigenvalue weighted by Gasteiger charge is -2.20. The summed E-state index contributed by atoms with van der Waals surface area (Å²) in [5.41, 5.74) is 3.66. The first kappa shape index (κ1) is 23.1. The van der Waals surface area contributed by atoms with Gasteiger partial charge in [0.15, 0.2) is 5.82 Å². The molecule has 0 saturated carbocycles. The molecule has 2 aromatic heterocycles. The van der Waals surface area contributed by atoms with Crippen LogP contribution >= 0.6 is 11.6 Å². The molecule has 1 amide bonds. The fourth-order valence-corrected chi connectivity index (χ4v) is 4.60. The van der Waals surface area contributed by atoms with Crippen LogP contribution in [0.1, 0.15) is 41.8 Å². The average molecular weight is 488 g/mol. The largest absolute Gasteiger partial charge is 0.360 e. The van der Waals surface area contributed by atoms with Crippen LogP contribution in [0.25, 0.3) is 22.5 Å². The second-order valence-electron chi connectivity index (χ2n) is 8.66. The van der Waals surface area contributed by atoms with Gasteiger partial charge in [-0.2, -0.15) is 0 Å². The van der Waals surface area contributed by atoms with Crippen LogP contribution in [0.2, 0.25) is 5.02 Å². The maximum atomic E-state index is 13.2. The maximum absolute atomic E-state index is 13.2. The minimum Gasteiger partial charge on any atom is -0.360 e. The van der Waals surface area contributed by atoms with Gasteiger partial charge >= 0.3 is 0 Å². The molecule has 2 aromatic carbocycles. The van der Waals surface area contributed by atoms with E-state index in [1.54, 1.807) is 13.0 Å². The van der Waals surface area contributed by atoms with Crippen molar-refractivity contribution in [1.29, 1.82) is 0 Å². The fourth-order valence-electron chi connectivity index (χ4n) is 4.37. The summed E-state index contributed by atoms with van der Waals surface area (Å²) in [6, 6.07) is 18.8. The Morgan fingerprint density at radius 3 is 2.51 bits per heavy atom. The molecule has 0 spiro atoms. The Kier molecular flexibility index (Phi) is 6.77. The van der Waals surface area contributed by atoms with Crippen LogP contribution in [-0.4, -0.2) is 34.4 Å². The van der Waals surface area contributed by atoms with E-state index >= 15 is 0 Å². The first-order valence-corrected chi connectivity index (χ1v) is 12.2. The zero-order valence-corrected chi connectivity index (χ0v) is 20.3. The molecule has 178 valence electrons. The molecule has 1 fully saturated rings. The Labute approximate surface area is 209 Å². The standard InChI is InChI=1S/C27H26ClN5O2/c1-18-25(26(32-35-18)21-11-4-5-12-22(21)28)27(34)29-20-10-8-9-19(17-20)23-13-14-24(31-30-23)33-15-6-2-3-7-16-33/h4-5,8-14,17H,2-3,6-7,15-16H2,1H3,(H,29,34). The molecule has 1 aliphatic rings. The number of carbonyl (C=O) groups excluding carboxylic acids is 1. The van der Waals surface area contributed by atoms with E-state index in [9.17, 15) is 4.79 Å². The van der Waals surface area contributed by atoms with Gasteiger partial charge in [-0.15, -0.1) is 10.2 Å². The molecule has 0 bridgehead atoms. The third kappa shape index (κ3) is 5.05. The van der Waals surface area contributed by atoms with Crippen molar-refractivity contribution in [1.82, 2.24) is 15.4 Å². The third-order valence-corrected chi connectivity index (χ3v) is 6.55. The Balaban J connectivity index is 1.36. The molecular formula is C27H26ClN5O2. The van der Waals surface area contributed by atoms with Gasteiger partial charge < -0.3 is 14.7 Å². The van der Waals surface area contributed by atoms with Gasteiger partial charge in [0.2, 0.25) is 0 Å². The van der Waals surface area contributed by atoms with E-state index in [0.29, 0.717) is 33.3 Å². The first-order chi connectivity index (χ1) is 17.1. The second-order valence-corrected chi connectivity index (χ2v) is 9.06. The summed E-state index contributed by atoms with van der Waals surface area (Å²) >= 11 is 6.33. The van der Waals surface area contributed by atoms with Crippen LogP contribution in [0.15, 0.2) is 65.2 Å². The van der Waals surface area contributed by atoms with Crippen LogP contribution < -0.4 is 10.2 Å². The number of nitrogens with one attached hydrogen (secondary N) is 1. The van der Waals surface area contributed by atoms with Crippen LogP contribution in [0.3, 0.4) is 0 Å². The molecule has 7 nitrogen and oxygen atoms in total. The SMILES string of the molecule is Cc1onc(-c2ccccc2Cl)c1C(=O)Nc1cccc(-c2ccc(N3CCCCCC3)nn2)c1. The number of halogens is 1. The van der Waals surface area contributed by atoms with Crippen molar-refractivity contribution in [3.05, 3.63) is 77.0 Å². The van der Waals surface area contributed by atoms with Crippen molar-refractivity contribution in [3.8, 4) is 22.5 Å². The van der Waals surface area contributed by atoms with Gasteiger partial charge in [-0.05, 0) is 50.1 Å². The number of carbonyl (C=O) groups is 1. The smallest absolute Gasteiger partial charge is 0.261 e. The molecular weight excluding hydrogens is 462 g/mol. The lowest BCUT2D eigenvalue weighted by atomic mass is 10.1. The van der Waals surface area contributed by atoms with Crippen molar-refractivity contribution in [2.24, 2.45) is 0 Å². The lowest BCUT2D eigenvalue weighted by molar-refractivity contribution is 0.102. The summed E-state index contributed by atoms with van der Waals surface area (Å²) in [6.07, 6.45) is 4.92. The van der Waals surface area contributed by atoms with Crippen molar-refractivity contribution in [3.63, 3.8) is 0 Å². The molecule has 0 aliphatic carbocycles. The zero-order valence-electron chi connectivity index (χ0n) is 19.5. The van der Waals surface area contributed by atoms with Crippen LogP contribution in [-0.2, 0) is 0 Å². The molecule has 0 atom stereocenters. The summed E-state index contributed by atoms with van der Waals surface area (Å²) < 4.78 is 5.33. The van der Waals surface area contributed by atoms with Gasteiger partial charge in [0, 0.05) is 29.9 Å². The summed E-state index contributed by atoms with van der Waals surface area (Å²) in [6.45, 7) is 3.75. The predicted molar refractivity (Wildman–Crippen MR) is 138 cm³/mol. The molecule has 3 heterocycles. The van der Waals surface area contributed by atoms with E-state index in [0.717, 1.165) is 30.2 Å². The second kappa shape index (κ2) is 10.3. The highest BCUT2D eigenvalue weighted by Gasteiger charge is 2.23. The maximum Gasteiger partial charge on any atom is 0.261 e. The van der Waals surface area contributed by atoms with E-state index in [4.69, 9.17) is 16.1 Å². The van der Waals surface area contributed by atoms with E-state index in [1.165, 1.54) is 25.7 Å².